The molecule has 134 valence electrons. The SMILES string of the molecule is COc1ccc(-c2noc(CNC(=O)COc3ccccc3F)n2)cc1. The van der Waals surface area contributed by atoms with Gasteiger partial charge in [-0.2, -0.15) is 4.98 Å². The van der Waals surface area contributed by atoms with E-state index in [1.54, 1.807) is 37.4 Å². The molecule has 26 heavy (non-hydrogen) atoms. The molecule has 0 spiro atoms. The first-order valence-corrected chi connectivity index (χ1v) is 7.77. The highest BCUT2D eigenvalue weighted by Crippen LogP contribution is 2.19. The number of benzene rings is 2. The molecule has 1 amide bonds. The maximum atomic E-state index is 13.4. The Hall–Kier alpha value is -3.42. The predicted octanol–water partition coefficient (Wildman–Crippen LogP) is 2.58. The minimum atomic E-state index is -0.527. The van der Waals surface area contributed by atoms with Crippen LogP contribution in [-0.4, -0.2) is 29.8 Å². The zero-order valence-corrected chi connectivity index (χ0v) is 13.9. The van der Waals surface area contributed by atoms with E-state index < -0.39 is 11.7 Å². The van der Waals surface area contributed by atoms with Crippen LogP contribution in [0.3, 0.4) is 0 Å². The number of ether oxygens (including phenoxy) is 2. The zero-order valence-electron chi connectivity index (χ0n) is 13.9. The van der Waals surface area contributed by atoms with Crippen LogP contribution in [0.15, 0.2) is 53.1 Å². The van der Waals surface area contributed by atoms with Crippen LogP contribution in [0.5, 0.6) is 11.5 Å². The number of carbonyl (C=O) groups excluding carboxylic acids is 1. The Morgan fingerprint density at radius 1 is 1.19 bits per heavy atom. The third kappa shape index (κ3) is 4.35. The van der Waals surface area contributed by atoms with Gasteiger partial charge in [-0.25, -0.2) is 4.39 Å². The summed E-state index contributed by atoms with van der Waals surface area (Å²) in [6, 6.07) is 13.0. The Labute approximate surface area is 148 Å². The third-order valence-corrected chi connectivity index (χ3v) is 3.45. The number of aromatic nitrogens is 2. The van der Waals surface area contributed by atoms with Gasteiger partial charge in [0.1, 0.15) is 5.75 Å². The normalized spacial score (nSPS) is 10.4. The molecule has 0 radical (unpaired) electrons. The summed E-state index contributed by atoms with van der Waals surface area (Å²) in [4.78, 5) is 16.0. The number of nitrogens with zero attached hydrogens (tertiary/aromatic N) is 2. The largest absolute Gasteiger partial charge is 0.497 e. The van der Waals surface area contributed by atoms with Crippen LogP contribution in [0.4, 0.5) is 4.39 Å². The second kappa shape index (κ2) is 8.11. The van der Waals surface area contributed by atoms with E-state index in [0.717, 1.165) is 11.3 Å². The lowest BCUT2D eigenvalue weighted by Crippen LogP contribution is -2.28. The Morgan fingerprint density at radius 2 is 1.96 bits per heavy atom. The van der Waals surface area contributed by atoms with Gasteiger partial charge in [-0.05, 0) is 36.4 Å². The van der Waals surface area contributed by atoms with Crippen molar-refractivity contribution in [2.24, 2.45) is 0 Å². The van der Waals surface area contributed by atoms with Gasteiger partial charge in [0.2, 0.25) is 11.7 Å². The lowest BCUT2D eigenvalue weighted by molar-refractivity contribution is -0.123. The molecule has 0 fully saturated rings. The van der Waals surface area contributed by atoms with E-state index in [-0.39, 0.29) is 24.8 Å². The fourth-order valence-corrected chi connectivity index (χ4v) is 2.11. The molecule has 0 saturated carbocycles. The smallest absolute Gasteiger partial charge is 0.258 e. The Morgan fingerprint density at radius 3 is 2.69 bits per heavy atom. The van der Waals surface area contributed by atoms with Gasteiger partial charge in [-0.15, -0.1) is 0 Å². The molecule has 0 unspecified atom stereocenters. The maximum absolute atomic E-state index is 13.4. The Balaban J connectivity index is 1.51. The van der Waals surface area contributed by atoms with Crippen molar-refractivity contribution < 1.29 is 23.2 Å². The summed E-state index contributed by atoms with van der Waals surface area (Å²) in [6.45, 7) is -0.275. The van der Waals surface area contributed by atoms with E-state index in [2.05, 4.69) is 15.5 Å². The highest BCUT2D eigenvalue weighted by molar-refractivity contribution is 5.77. The highest BCUT2D eigenvalue weighted by Gasteiger charge is 2.11. The predicted molar refractivity (Wildman–Crippen MR) is 90.0 cm³/mol. The minimum Gasteiger partial charge on any atom is -0.497 e. The molecule has 0 saturated heterocycles. The molecule has 8 heteroatoms. The number of methoxy groups -OCH3 is 1. The van der Waals surface area contributed by atoms with Gasteiger partial charge < -0.3 is 19.3 Å². The highest BCUT2D eigenvalue weighted by atomic mass is 19.1. The molecule has 0 atom stereocenters. The van der Waals surface area contributed by atoms with E-state index in [1.165, 1.54) is 18.2 Å². The van der Waals surface area contributed by atoms with E-state index >= 15 is 0 Å². The topological polar surface area (TPSA) is 86.5 Å². The summed E-state index contributed by atoms with van der Waals surface area (Å²) in [6.07, 6.45) is 0. The van der Waals surface area contributed by atoms with Crippen LogP contribution in [0.2, 0.25) is 0 Å². The summed E-state index contributed by atoms with van der Waals surface area (Å²) < 4.78 is 28.7. The van der Waals surface area contributed by atoms with Gasteiger partial charge >= 0.3 is 0 Å². The minimum absolute atomic E-state index is 0.0160. The van der Waals surface area contributed by atoms with Gasteiger partial charge in [0.25, 0.3) is 5.91 Å². The quantitative estimate of drug-likeness (QED) is 0.699. The van der Waals surface area contributed by atoms with Gasteiger partial charge in [0, 0.05) is 5.56 Å². The van der Waals surface area contributed by atoms with Crippen molar-refractivity contribution in [3.8, 4) is 22.9 Å². The molecule has 2 aromatic carbocycles. The number of halogens is 1. The summed E-state index contributed by atoms with van der Waals surface area (Å²) in [5, 5.41) is 6.44. The molecule has 0 aliphatic carbocycles. The van der Waals surface area contributed by atoms with Gasteiger partial charge in [0.15, 0.2) is 18.2 Å². The van der Waals surface area contributed by atoms with Crippen LogP contribution >= 0.6 is 0 Å². The molecule has 3 rings (SSSR count). The summed E-state index contributed by atoms with van der Waals surface area (Å²) in [7, 11) is 1.58. The van der Waals surface area contributed by atoms with E-state index in [4.69, 9.17) is 14.0 Å². The van der Waals surface area contributed by atoms with E-state index in [9.17, 15) is 9.18 Å². The van der Waals surface area contributed by atoms with Crippen molar-refractivity contribution >= 4 is 5.91 Å². The fourth-order valence-electron chi connectivity index (χ4n) is 2.11. The van der Waals surface area contributed by atoms with Crippen molar-refractivity contribution in [1.82, 2.24) is 15.5 Å². The van der Waals surface area contributed by atoms with Crippen LogP contribution in [-0.2, 0) is 11.3 Å². The molecule has 0 aliphatic heterocycles. The first kappa shape index (κ1) is 17.4. The van der Waals surface area contributed by atoms with Gasteiger partial charge in [-0.3, -0.25) is 4.79 Å². The summed E-state index contributed by atoms with van der Waals surface area (Å²) in [5.74, 6) is 0.426. The standard InChI is InChI=1S/C18H16FN3O4/c1-24-13-8-6-12(7-9-13)18-21-17(26-22-18)10-20-16(23)11-25-15-5-3-2-4-14(15)19/h2-9H,10-11H2,1H3,(H,20,23). The number of nitrogens with one attached hydrogen (secondary N) is 1. The monoisotopic (exact) mass is 357 g/mol. The lowest BCUT2D eigenvalue weighted by Gasteiger charge is -2.06. The average Bonchev–Trinajstić information content (AvgIpc) is 3.15. The van der Waals surface area contributed by atoms with Crippen LogP contribution in [0.1, 0.15) is 5.89 Å². The van der Waals surface area contributed by atoms with Crippen LogP contribution in [0.25, 0.3) is 11.4 Å². The van der Waals surface area contributed by atoms with Gasteiger partial charge in [-0.1, -0.05) is 17.3 Å². The number of carbonyl (C=O) groups is 1. The third-order valence-electron chi connectivity index (χ3n) is 3.45. The van der Waals surface area contributed by atoms with Crippen molar-refractivity contribution in [2.45, 2.75) is 6.54 Å². The Kier molecular flexibility index (Phi) is 5.43. The molecule has 3 aromatic rings. The second-order valence-corrected chi connectivity index (χ2v) is 5.24. The Bertz CT molecular complexity index is 880. The van der Waals surface area contributed by atoms with E-state index in [1.807, 2.05) is 0 Å². The van der Waals surface area contributed by atoms with Crippen molar-refractivity contribution in [1.29, 1.82) is 0 Å². The van der Waals surface area contributed by atoms with Crippen molar-refractivity contribution in [2.75, 3.05) is 13.7 Å². The molecular formula is C18H16FN3O4. The summed E-state index contributed by atoms with van der Waals surface area (Å²) >= 11 is 0. The number of amides is 1. The molecule has 1 N–H and O–H groups in total. The number of hydrogen-bond acceptors (Lipinski definition) is 6. The number of hydrogen-bond donors (Lipinski definition) is 1. The van der Waals surface area contributed by atoms with Crippen molar-refractivity contribution in [3.63, 3.8) is 0 Å². The molecule has 0 bridgehead atoms. The first-order valence-electron chi connectivity index (χ1n) is 7.77. The van der Waals surface area contributed by atoms with Crippen LogP contribution in [0, 0.1) is 5.82 Å². The van der Waals surface area contributed by atoms with Gasteiger partial charge in [0.05, 0.1) is 13.7 Å². The molecular weight excluding hydrogens is 341 g/mol. The average molecular weight is 357 g/mol. The number of para-hydroxylation sites is 1. The van der Waals surface area contributed by atoms with Crippen LogP contribution < -0.4 is 14.8 Å². The zero-order chi connectivity index (χ0) is 18.4. The molecule has 1 heterocycles. The fraction of sp³-hybridized carbons (Fsp3) is 0.167. The second-order valence-electron chi connectivity index (χ2n) is 5.24. The summed E-state index contributed by atoms with van der Waals surface area (Å²) in [5.41, 5.74) is 0.759. The molecule has 0 aliphatic rings. The first-order chi connectivity index (χ1) is 12.7. The van der Waals surface area contributed by atoms with E-state index in [0.29, 0.717) is 5.82 Å². The lowest BCUT2D eigenvalue weighted by atomic mass is 10.2. The van der Waals surface area contributed by atoms with Crippen molar-refractivity contribution in [3.05, 3.63) is 60.2 Å². The molecule has 1 aromatic heterocycles. The molecule has 7 nitrogen and oxygen atoms in total. The maximum Gasteiger partial charge on any atom is 0.258 e. The number of rotatable bonds is 7.